The summed E-state index contributed by atoms with van der Waals surface area (Å²) in [6.45, 7) is 0. The van der Waals surface area contributed by atoms with Crippen LogP contribution in [0, 0.1) is 0 Å². The second kappa shape index (κ2) is 5.09. The van der Waals surface area contributed by atoms with Gasteiger partial charge in [-0.25, -0.2) is 9.59 Å². The topological polar surface area (TPSA) is 99.1 Å². The van der Waals surface area contributed by atoms with E-state index in [4.69, 9.17) is 4.74 Å². The summed E-state index contributed by atoms with van der Waals surface area (Å²) in [6, 6.07) is 0. The third-order valence-electron chi connectivity index (χ3n) is 1.72. The molecule has 1 aromatic heterocycles. The number of thiophene rings is 1. The summed E-state index contributed by atoms with van der Waals surface area (Å²) in [6.07, 6.45) is 0.916. The van der Waals surface area contributed by atoms with Crippen LogP contribution < -0.4 is 4.74 Å². The molecule has 0 bridgehead atoms. The summed E-state index contributed by atoms with van der Waals surface area (Å²) in [5.41, 5.74) is 0. The first-order valence-corrected chi connectivity index (χ1v) is 6.37. The first kappa shape index (κ1) is 13.4. The lowest BCUT2D eigenvalue weighted by molar-refractivity contribution is 0.0602. The quantitative estimate of drug-likeness (QED) is 0.453. The number of esters is 1. The van der Waals surface area contributed by atoms with Gasteiger partial charge in [0.05, 0.1) is 14.2 Å². The number of carbonyl (C=O) groups excluding carboxylic acids is 2. The van der Waals surface area contributed by atoms with Crippen molar-refractivity contribution < 1.29 is 27.5 Å². The minimum Gasteiger partial charge on any atom is -0.494 e. The molecule has 0 N–H and O–H groups in total. The van der Waals surface area contributed by atoms with Gasteiger partial charge in [-0.05, 0) is 0 Å². The van der Waals surface area contributed by atoms with Gasteiger partial charge < -0.3 is 9.47 Å². The molecule has 1 aromatic rings. The molecule has 0 aliphatic heterocycles. The molecule has 17 heavy (non-hydrogen) atoms. The highest BCUT2D eigenvalue weighted by Crippen LogP contribution is 2.34. The van der Waals surface area contributed by atoms with Crippen LogP contribution in [0.15, 0.2) is 14.7 Å². The van der Waals surface area contributed by atoms with E-state index in [1.807, 2.05) is 0 Å². The van der Waals surface area contributed by atoms with E-state index in [2.05, 4.69) is 9.13 Å². The summed E-state index contributed by atoms with van der Waals surface area (Å²) < 4.78 is 35.1. The van der Waals surface area contributed by atoms with Gasteiger partial charge in [-0.1, -0.05) is 4.40 Å². The molecular formula is C8H7NO6S2. The Balaban J connectivity index is 3.54. The van der Waals surface area contributed by atoms with Gasteiger partial charge in [0.2, 0.25) is 0 Å². The largest absolute Gasteiger partial charge is 0.494 e. The maximum atomic E-state index is 11.6. The van der Waals surface area contributed by atoms with Gasteiger partial charge in [-0.2, -0.15) is 8.42 Å². The second-order valence-electron chi connectivity index (χ2n) is 2.61. The lowest BCUT2D eigenvalue weighted by Crippen LogP contribution is -2.07. The van der Waals surface area contributed by atoms with Crippen LogP contribution in [-0.4, -0.2) is 34.7 Å². The fraction of sp³-hybridized carbons (Fsp3) is 0.250. The van der Waals surface area contributed by atoms with Gasteiger partial charge in [0.25, 0.3) is 16.1 Å². The monoisotopic (exact) mass is 277 g/mol. The van der Waals surface area contributed by atoms with E-state index < -0.39 is 20.9 Å². The number of isocyanates is 1. The number of carbonyl (C=O) groups is 1. The van der Waals surface area contributed by atoms with E-state index in [0.29, 0.717) is 0 Å². The molecule has 0 amide bonds. The Morgan fingerprint density at radius 1 is 1.47 bits per heavy atom. The third kappa shape index (κ3) is 2.52. The van der Waals surface area contributed by atoms with Crippen molar-refractivity contribution in [2.24, 2.45) is 4.40 Å². The van der Waals surface area contributed by atoms with E-state index >= 15 is 0 Å². The van der Waals surface area contributed by atoms with Crippen LogP contribution in [-0.2, 0) is 19.6 Å². The molecule has 0 saturated carbocycles. The molecule has 1 heterocycles. The Hall–Kier alpha value is -1.70. The first-order valence-electron chi connectivity index (χ1n) is 4.06. The van der Waals surface area contributed by atoms with Crippen molar-refractivity contribution in [1.29, 1.82) is 0 Å². The fourth-order valence-electron chi connectivity index (χ4n) is 1.04. The summed E-state index contributed by atoms with van der Waals surface area (Å²) >= 11 is 0.818. The molecule has 1 rings (SSSR count). The minimum atomic E-state index is -4.31. The average molecular weight is 277 g/mol. The molecule has 0 aliphatic rings. The van der Waals surface area contributed by atoms with E-state index in [-0.39, 0.29) is 10.6 Å². The molecule has 0 saturated heterocycles. The lowest BCUT2D eigenvalue weighted by Gasteiger charge is -2.02. The van der Waals surface area contributed by atoms with Crippen molar-refractivity contribution in [3.8, 4) is 5.75 Å². The molecule has 0 aromatic carbocycles. The number of hydrogen-bond acceptors (Lipinski definition) is 7. The van der Waals surface area contributed by atoms with Gasteiger partial charge in [0, 0.05) is 5.38 Å². The molecule has 0 spiro atoms. The van der Waals surface area contributed by atoms with Crippen LogP contribution in [0.2, 0.25) is 0 Å². The highest BCUT2D eigenvalue weighted by Gasteiger charge is 2.29. The molecular weight excluding hydrogens is 270 g/mol. The molecule has 92 valence electrons. The zero-order valence-electron chi connectivity index (χ0n) is 8.79. The minimum absolute atomic E-state index is 0.0746. The van der Waals surface area contributed by atoms with Crippen LogP contribution in [0.5, 0.6) is 5.75 Å². The number of hydrogen-bond donors (Lipinski definition) is 0. The van der Waals surface area contributed by atoms with Crippen LogP contribution in [0.25, 0.3) is 0 Å². The highest BCUT2D eigenvalue weighted by atomic mass is 32.2. The number of nitrogens with zero attached hydrogens (tertiary/aromatic N) is 1. The van der Waals surface area contributed by atoms with E-state index in [9.17, 15) is 18.0 Å². The van der Waals surface area contributed by atoms with Crippen LogP contribution in [0.3, 0.4) is 0 Å². The number of sulfonamides is 1. The van der Waals surface area contributed by atoms with Crippen molar-refractivity contribution in [1.82, 2.24) is 0 Å². The zero-order chi connectivity index (χ0) is 13.1. The average Bonchev–Trinajstić information content (AvgIpc) is 2.72. The normalized spacial score (nSPS) is 10.5. The zero-order valence-corrected chi connectivity index (χ0v) is 10.4. The van der Waals surface area contributed by atoms with Crippen molar-refractivity contribution in [3.63, 3.8) is 0 Å². The maximum Gasteiger partial charge on any atom is 0.349 e. The lowest BCUT2D eigenvalue weighted by atomic mass is 10.4. The SMILES string of the molecule is COC(=O)c1scc(OC)c1S(=O)(=O)N=C=O. The van der Waals surface area contributed by atoms with Crippen molar-refractivity contribution in [3.05, 3.63) is 10.3 Å². The Labute approximate surface area is 101 Å². The van der Waals surface area contributed by atoms with E-state index in [0.717, 1.165) is 24.5 Å². The molecule has 0 atom stereocenters. The van der Waals surface area contributed by atoms with Crippen LogP contribution in [0.1, 0.15) is 9.67 Å². The smallest absolute Gasteiger partial charge is 0.349 e. The molecule has 0 aliphatic carbocycles. The number of rotatable bonds is 4. The number of ether oxygens (including phenoxy) is 2. The third-order valence-corrected chi connectivity index (χ3v) is 4.02. The Bertz CT molecular complexity index is 581. The van der Waals surface area contributed by atoms with E-state index in [1.165, 1.54) is 12.5 Å². The predicted molar refractivity (Wildman–Crippen MR) is 57.5 cm³/mol. The van der Waals surface area contributed by atoms with Crippen molar-refractivity contribution in [2.45, 2.75) is 4.90 Å². The summed E-state index contributed by atoms with van der Waals surface area (Å²) in [5, 5.41) is 1.31. The summed E-state index contributed by atoms with van der Waals surface area (Å²) in [4.78, 5) is 20.7. The molecule has 0 unspecified atom stereocenters. The predicted octanol–water partition coefficient (Wildman–Crippen LogP) is 0.568. The summed E-state index contributed by atoms with van der Waals surface area (Å²) in [7, 11) is -1.98. The maximum absolute atomic E-state index is 11.6. The molecule has 0 fully saturated rings. The van der Waals surface area contributed by atoms with Gasteiger partial charge in [-0.3, -0.25) is 0 Å². The van der Waals surface area contributed by atoms with Gasteiger partial charge >= 0.3 is 5.97 Å². The Morgan fingerprint density at radius 3 is 2.59 bits per heavy atom. The highest BCUT2D eigenvalue weighted by molar-refractivity contribution is 7.90. The Morgan fingerprint density at radius 2 is 2.12 bits per heavy atom. The van der Waals surface area contributed by atoms with Gasteiger partial charge in [0.1, 0.15) is 4.88 Å². The fourth-order valence-corrected chi connectivity index (χ4v) is 3.31. The number of methoxy groups -OCH3 is 2. The van der Waals surface area contributed by atoms with Crippen molar-refractivity contribution in [2.75, 3.05) is 14.2 Å². The molecule has 7 nitrogen and oxygen atoms in total. The summed E-state index contributed by atoms with van der Waals surface area (Å²) in [5.74, 6) is -0.924. The van der Waals surface area contributed by atoms with Gasteiger partial charge in [0.15, 0.2) is 10.6 Å². The van der Waals surface area contributed by atoms with Crippen molar-refractivity contribution >= 4 is 33.4 Å². The molecule has 9 heteroatoms. The second-order valence-corrected chi connectivity index (χ2v) is 5.03. The standard InChI is InChI=1S/C8H7NO6S2/c1-14-5-3-16-6(8(11)15-2)7(5)17(12,13)9-4-10/h3H,1-2H3. The molecule has 0 radical (unpaired) electrons. The van der Waals surface area contributed by atoms with Gasteiger partial charge in [-0.15, -0.1) is 11.3 Å². The van der Waals surface area contributed by atoms with Crippen LogP contribution in [0.4, 0.5) is 0 Å². The van der Waals surface area contributed by atoms with E-state index in [1.54, 1.807) is 0 Å². The first-order chi connectivity index (χ1) is 7.97. The Kier molecular flexibility index (Phi) is 4.00. The van der Waals surface area contributed by atoms with Crippen LogP contribution >= 0.6 is 11.3 Å².